The summed E-state index contributed by atoms with van der Waals surface area (Å²) in [5.74, 6) is 2.62. The minimum absolute atomic E-state index is 0.108. The molecule has 3 rings (SSSR count). The van der Waals surface area contributed by atoms with Gasteiger partial charge >= 0.3 is 0 Å². The first-order valence-corrected chi connectivity index (χ1v) is 10.6. The number of hydrogen-bond acceptors (Lipinski definition) is 5. The number of hydrogen-bond donors (Lipinski definition) is 1. The molecule has 1 aromatic carbocycles. The summed E-state index contributed by atoms with van der Waals surface area (Å²) in [5.41, 5.74) is 6.31. The average Bonchev–Trinajstić information content (AvgIpc) is 3.11. The van der Waals surface area contributed by atoms with Crippen molar-refractivity contribution >= 4 is 29.8 Å². The first kappa shape index (κ1) is 19.5. The highest BCUT2D eigenvalue weighted by atomic mass is 32.2. The first-order valence-electron chi connectivity index (χ1n) is 9.42. The van der Waals surface area contributed by atoms with Gasteiger partial charge in [-0.15, -0.1) is 11.8 Å². The minimum Gasteiger partial charge on any atom is -0.440 e. The smallest absolute Gasteiger partial charge is 0.250 e. The molecular formula is C21H27N3O2S. The van der Waals surface area contributed by atoms with Crippen LogP contribution in [-0.4, -0.2) is 31.0 Å². The van der Waals surface area contributed by atoms with Gasteiger partial charge in [-0.05, 0) is 44.7 Å². The van der Waals surface area contributed by atoms with E-state index in [-0.39, 0.29) is 5.91 Å². The maximum absolute atomic E-state index is 11.9. The quantitative estimate of drug-likeness (QED) is 0.571. The van der Waals surface area contributed by atoms with Gasteiger partial charge in [-0.1, -0.05) is 29.3 Å². The van der Waals surface area contributed by atoms with E-state index in [1.165, 1.54) is 36.0 Å². The minimum atomic E-state index is -0.108. The summed E-state index contributed by atoms with van der Waals surface area (Å²) in [6.45, 7) is 6.26. The van der Waals surface area contributed by atoms with Gasteiger partial charge in [0.25, 0.3) is 0 Å². The maximum atomic E-state index is 11.9. The Hall–Kier alpha value is -2.21. The lowest BCUT2D eigenvalue weighted by atomic mass is 10.1. The van der Waals surface area contributed by atoms with Crippen molar-refractivity contribution in [1.82, 2.24) is 5.43 Å². The molecule has 1 aliphatic heterocycles. The van der Waals surface area contributed by atoms with Crippen LogP contribution in [0, 0.1) is 13.8 Å². The summed E-state index contributed by atoms with van der Waals surface area (Å²) in [6, 6.07) is 10.3. The Kier molecular flexibility index (Phi) is 6.98. The molecule has 0 aliphatic carbocycles. The molecule has 1 saturated heterocycles. The molecule has 5 nitrogen and oxygen atoms in total. The Morgan fingerprint density at radius 1 is 1.19 bits per heavy atom. The zero-order valence-electron chi connectivity index (χ0n) is 16.0. The van der Waals surface area contributed by atoms with Crippen LogP contribution in [0.4, 0.5) is 5.88 Å². The van der Waals surface area contributed by atoms with Crippen LogP contribution in [0.3, 0.4) is 0 Å². The zero-order valence-corrected chi connectivity index (χ0v) is 16.8. The van der Waals surface area contributed by atoms with Crippen molar-refractivity contribution in [3.8, 4) is 0 Å². The van der Waals surface area contributed by atoms with Crippen molar-refractivity contribution in [3.63, 3.8) is 0 Å². The second-order valence-corrected chi connectivity index (χ2v) is 7.99. The van der Waals surface area contributed by atoms with Crippen molar-refractivity contribution in [2.24, 2.45) is 5.10 Å². The maximum Gasteiger partial charge on any atom is 0.250 e. The second kappa shape index (κ2) is 9.65. The standard InChI is InChI=1S/C21H27N3O2S/c1-16-10-17(2)12-18(11-16)14-27-15-20(25)23-22-13-19-6-7-21(26-19)24-8-4-3-5-9-24/h6-7,10-13H,3-5,8-9,14-15H2,1-2H3,(H,23,25)/b22-13-. The largest absolute Gasteiger partial charge is 0.440 e. The predicted molar refractivity (Wildman–Crippen MR) is 113 cm³/mol. The molecule has 144 valence electrons. The number of nitrogens with one attached hydrogen (secondary N) is 1. The Labute approximate surface area is 165 Å². The Morgan fingerprint density at radius 2 is 1.93 bits per heavy atom. The molecular weight excluding hydrogens is 358 g/mol. The predicted octanol–water partition coefficient (Wildman–Crippen LogP) is 4.27. The third kappa shape index (κ3) is 6.17. The third-order valence-corrected chi connectivity index (χ3v) is 5.45. The number of hydrazone groups is 1. The lowest BCUT2D eigenvalue weighted by molar-refractivity contribution is -0.118. The van der Waals surface area contributed by atoms with Crippen molar-refractivity contribution in [2.45, 2.75) is 38.9 Å². The number of nitrogens with zero attached hydrogens (tertiary/aromatic N) is 2. The Morgan fingerprint density at radius 3 is 2.67 bits per heavy atom. The van der Waals surface area contributed by atoms with Gasteiger partial charge in [0.2, 0.25) is 5.91 Å². The normalized spacial score (nSPS) is 14.7. The van der Waals surface area contributed by atoms with E-state index in [1.54, 1.807) is 18.0 Å². The number of thioether (sulfide) groups is 1. The van der Waals surface area contributed by atoms with Crippen LogP contribution in [0.15, 0.2) is 39.9 Å². The number of furan rings is 1. The number of aryl methyl sites for hydroxylation is 2. The van der Waals surface area contributed by atoms with Crippen LogP contribution in [0.25, 0.3) is 0 Å². The summed E-state index contributed by atoms with van der Waals surface area (Å²) in [6.07, 6.45) is 5.26. The van der Waals surface area contributed by atoms with E-state index in [0.717, 1.165) is 24.7 Å². The van der Waals surface area contributed by atoms with Gasteiger partial charge < -0.3 is 9.32 Å². The molecule has 1 N–H and O–H groups in total. The summed E-state index contributed by atoms with van der Waals surface area (Å²) in [5, 5.41) is 4.00. The van der Waals surface area contributed by atoms with Crippen molar-refractivity contribution < 1.29 is 9.21 Å². The van der Waals surface area contributed by atoms with E-state index in [1.807, 2.05) is 12.1 Å². The number of carbonyl (C=O) groups is 1. The fourth-order valence-electron chi connectivity index (χ4n) is 3.31. The fourth-order valence-corrected chi connectivity index (χ4v) is 4.06. The molecule has 1 aliphatic rings. The SMILES string of the molecule is Cc1cc(C)cc(CSCC(=O)N/N=C\c2ccc(N3CCCCC3)o2)c1. The van der Waals surface area contributed by atoms with Gasteiger partial charge in [-0.3, -0.25) is 4.79 Å². The molecule has 0 unspecified atom stereocenters. The Bertz CT molecular complexity index is 774. The van der Waals surface area contributed by atoms with Gasteiger partial charge in [0.05, 0.1) is 12.0 Å². The Balaban J connectivity index is 1.40. The van der Waals surface area contributed by atoms with E-state index in [4.69, 9.17) is 4.42 Å². The lowest BCUT2D eigenvalue weighted by Gasteiger charge is -2.25. The van der Waals surface area contributed by atoms with Crippen LogP contribution in [-0.2, 0) is 10.5 Å². The molecule has 2 aromatic rings. The molecule has 0 saturated carbocycles. The van der Waals surface area contributed by atoms with Gasteiger partial charge in [-0.25, -0.2) is 5.43 Å². The van der Waals surface area contributed by atoms with Gasteiger partial charge in [-0.2, -0.15) is 5.10 Å². The number of piperidine rings is 1. The van der Waals surface area contributed by atoms with Gasteiger partial charge in [0.15, 0.2) is 5.88 Å². The number of rotatable bonds is 7. The van der Waals surface area contributed by atoms with E-state index >= 15 is 0 Å². The fraction of sp³-hybridized carbons (Fsp3) is 0.429. The van der Waals surface area contributed by atoms with E-state index in [9.17, 15) is 4.79 Å². The molecule has 1 aromatic heterocycles. The van der Waals surface area contributed by atoms with Gasteiger partial charge in [0, 0.05) is 24.9 Å². The van der Waals surface area contributed by atoms with Crippen LogP contribution >= 0.6 is 11.8 Å². The summed E-state index contributed by atoms with van der Waals surface area (Å²) >= 11 is 1.58. The van der Waals surface area contributed by atoms with Crippen LogP contribution in [0.1, 0.15) is 41.7 Å². The number of benzene rings is 1. The van der Waals surface area contributed by atoms with Crippen LogP contribution < -0.4 is 10.3 Å². The molecule has 0 spiro atoms. The molecule has 0 radical (unpaired) electrons. The van der Waals surface area contributed by atoms with Crippen LogP contribution in [0.2, 0.25) is 0 Å². The second-order valence-electron chi connectivity index (χ2n) is 7.01. The average molecular weight is 386 g/mol. The highest BCUT2D eigenvalue weighted by molar-refractivity contribution is 7.99. The molecule has 27 heavy (non-hydrogen) atoms. The molecule has 6 heteroatoms. The lowest BCUT2D eigenvalue weighted by Crippen LogP contribution is -2.28. The van der Waals surface area contributed by atoms with Crippen molar-refractivity contribution in [3.05, 3.63) is 52.8 Å². The number of amides is 1. The van der Waals surface area contributed by atoms with E-state index in [2.05, 4.69) is 47.5 Å². The highest BCUT2D eigenvalue weighted by Crippen LogP contribution is 2.21. The number of carbonyl (C=O) groups excluding carboxylic acids is 1. The van der Waals surface area contributed by atoms with Crippen LogP contribution in [0.5, 0.6) is 0 Å². The summed E-state index contributed by atoms with van der Waals surface area (Å²) < 4.78 is 5.79. The monoisotopic (exact) mass is 385 g/mol. The van der Waals surface area contributed by atoms with Crippen molar-refractivity contribution in [1.29, 1.82) is 0 Å². The molecule has 1 fully saturated rings. The van der Waals surface area contributed by atoms with Crippen molar-refractivity contribution in [2.75, 3.05) is 23.7 Å². The first-order chi connectivity index (χ1) is 13.1. The van der Waals surface area contributed by atoms with E-state index < -0.39 is 0 Å². The van der Waals surface area contributed by atoms with E-state index in [0.29, 0.717) is 11.5 Å². The molecule has 0 atom stereocenters. The number of anilines is 1. The summed E-state index contributed by atoms with van der Waals surface area (Å²) in [4.78, 5) is 14.2. The molecule has 1 amide bonds. The van der Waals surface area contributed by atoms with Gasteiger partial charge in [0.1, 0.15) is 5.76 Å². The highest BCUT2D eigenvalue weighted by Gasteiger charge is 2.13. The summed E-state index contributed by atoms with van der Waals surface area (Å²) in [7, 11) is 0. The zero-order chi connectivity index (χ0) is 19.1. The topological polar surface area (TPSA) is 57.8 Å². The third-order valence-electron chi connectivity index (χ3n) is 4.44. The molecule has 2 heterocycles. The molecule has 0 bridgehead atoms.